The van der Waals surface area contributed by atoms with Crippen LogP contribution in [-0.2, 0) is 4.79 Å². The van der Waals surface area contributed by atoms with Crippen LogP contribution in [0.5, 0.6) is 0 Å². The normalized spacial score (nSPS) is 24.7. The average Bonchev–Trinajstić information content (AvgIpc) is 2.74. The number of hydrogen-bond acceptors (Lipinski definition) is 2. The first-order valence-electron chi connectivity index (χ1n) is 6.26. The summed E-state index contributed by atoms with van der Waals surface area (Å²) < 4.78 is 0. The second-order valence-corrected chi connectivity index (χ2v) is 5.05. The second kappa shape index (κ2) is 4.97. The van der Waals surface area contributed by atoms with Gasteiger partial charge in [0.05, 0.1) is 6.54 Å². The Kier molecular flexibility index (Phi) is 3.62. The van der Waals surface area contributed by atoms with Crippen molar-refractivity contribution in [3.05, 3.63) is 0 Å². The highest BCUT2D eigenvalue weighted by Gasteiger charge is 2.22. The average molecular weight is 210 g/mol. The minimum Gasteiger partial charge on any atom is -0.342 e. The Morgan fingerprint density at radius 3 is 2.33 bits per heavy atom. The zero-order valence-electron chi connectivity index (χ0n) is 9.74. The molecule has 0 atom stereocenters. The fourth-order valence-electron chi connectivity index (χ4n) is 2.48. The largest absolute Gasteiger partial charge is 0.342 e. The molecule has 2 aliphatic rings. The SMILES string of the molecule is CC1CCN(CC(=O)N2CCCC2)CC1. The lowest BCUT2D eigenvalue weighted by atomic mass is 9.99. The predicted octanol–water partition coefficient (Wildman–Crippen LogP) is 1.34. The smallest absolute Gasteiger partial charge is 0.236 e. The molecule has 3 nitrogen and oxygen atoms in total. The summed E-state index contributed by atoms with van der Waals surface area (Å²) in [5, 5.41) is 0. The zero-order valence-corrected chi connectivity index (χ0v) is 9.74. The maximum absolute atomic E-state index is 11.9. The van der Waals surface area contributed by atoms with E-state index in [9.17, 15) is 4.79 Å². The van der Waals surface area contributed by atoms with E-state index >= 15 is 0 Å². The number of rotatable bonds is 2. The first-order valence-corrected chi connectivity index (χ1v) is 6.26. The van der Waals surface area contributed by atoms with E-state index < -0.39 is 0 Å². The van der Waals surface area contributed by atoms with Crippen LogP contribution < -0.4 is 0 Å². The van der Waals surface area contributed by atoms with E-state index in [2.05, 4.69) is 11.8 Å². The second-order valence-electron chi connectivity index (χ2n) is 5.05. The summed E-state index contributed by atoms with van der Waals surface area (Å²) in [4.78, 5) is 16.2. The van der Waals surface area contributed by atoms with Gasteiger partial charge < -0.3 is 4.90 Å². The Bertz CT molecular complexity index is 216. The van der Waals surface area contributed by atoms with Crippen LogP contribution in [0, 0.1) is 5.92 Å². The van der Waals surface area contributed by atoms with Gasteiger partial charge in [0.2, 0.25) is 5.91 Å². The monoisotopic (exact) mass is 210 g/mol. The maximum atomic E-state index is 11.9. The number of carbonyl (C=O) groups is 1. The van der Waals surface area contributed by atoms with Crippen LogP contribution in [0.3, 0.4) is 0 Å². The van der Waals surface area contributed by atoms with E-state index in [4.69, 9.17) is 0 Å². The van der Waals surface area contributed by atoms with E-state index in [-0.39, 0.29) is 0 Å². The molecule has 15 heavy (non-hydrogen) atoms. The van der Waals surface area contributed by atoms with Crippen LogP contribution in [0.1, 0.15) is 32.6 Å². The molecule has 2 aliphatic heterocycles. The number of piperidine rings is 1. The van der Waals surface area contributed by atoms with Crippen LogP contribution in [0.15, 0.2) is 0 Å². The Labute approximate surface area is 92.4 Å². The molecular formula is C12H22N2O. The van der Waals surface area contributed by atoms with Crippen molar-refractivity contribution in [1.29, 1.82) is 0 Å². The van der Waals surface area contributed by atoms with Crippen LogP contribution in [0.2, 0.25) is 0 Å². The molecule has 0 aromatic heterocycles. The van der Waals surface area contributed by atoms with E-state index in [0.29, 0.717) is 12.5 Å². The number of hydrogen-bond donors (Lipinski definition) is 0. The van der Waals surface area contributed by atoms with Gasteiger partial charge in [-0.05, 0) is 44.7 Å². The number of amides is 1. The van der Waals surface area contributed by atoms with Crippen LogP contribution in [0.25, 0.3) is 0 Å². The Morgan fingerprint density at radius 2 is 1.73 bits per heavy atom. The molecule has 0 aromatic carbocycles. The molecule has 1 amide bonds. The molecule has 0 saturated carbocycles. The third-order valence-electron chi connectivity index (χ3n) is 3.69. The van der Waals surface area contributed by atoms with Gasteiger partial charge >= 0.3 is 0 Å². The summed E-state index contributed by atoms with van der Waals surface area (Å²) in [5.41, 5.74) is 0. The summed E-state index contributed by atoms with van der Waals surface area (Å²) in [6, 6.07) is 0. The Balaban J connectivity index is 1.74. The molecule has 0 N–H and O–H groups in total. The number of nitrogens with zero attached hydrogens (tertiary/aromatic N) is 2. The quantitative estimate of drug-likeness (QED) is 0.686. The lowest BCUT2D eigenvalue weighted by Gasteiger charge is -2.30. The highest BCUT2D eigenvalue weighted by atomic mass is 16.2. The van der Waals surface area contributed by atoms with Crippen molar-refractivity contribution >= 4 is 5.91 Å². The molecule has 2 heterocycles. The van der Waals surface area contributed by atoms with Gasteiger partial charge in [-0.1, -0.05) is 6.92 Å². The van der Waals surface area contributed by atoms with Gasteiger partial charge in [-0.2, -0.15) is 0 Å². The fourth-order valence-corrected chi connectivity index (χ4v) is 2.48. The first kappa shape index (κ1) is 10.9. The van der Waals surface area contributed by atoms with Gasteiger partial charge in [0, 0.05) is 13.1 Å². The highest BCUT2D eigenvalue weighted by Crippen LogP contribution is 2.16. The molecule has 2 rings (SSSR count). The van der Waals surface area contributed by atoms with Gasteiger partial charge in [-0.15, -0.1) is 0 Å². The van der Waals surface area contributed by atoms with Crippen molar-refractivity contribution in [2.75, 3.05) is 32.7 Å². The van der Waals surface area contributed by atoms with Gasteiger partial charge in [0.25, 0.3) is 0 Å². The van der Waals surface area contributed by atoms with Crippen molar-refractivity contribution < 1.29 is 4.79 Å². The molecule has 0 unspecified atom stereocenters. The lowest BCUT2D eigenvalue weighted by Crippen LogP contribution is -2.42. The summed E-state index contributed by atoms with van der Waals surface area (Å²) >= 11 is 0. The standard InChI is InChI=1S/C12H22N2O/c1-11-4-8-13(9-5-11)10-12(15)14-6-2-3-7-14/h11H,2-10H2,1H3. The van der Waals surface area contributed by atoms with Gasteiger partial charge in [0.15, 0.2) is 0 Å². The number of carbonyl (C=O) groups excluding carboxylic acids is 1. The van der Waals surface area contributed by atoms with Gasteiger partial charge in [0.1, 0.15) is 0 Å². The van der Waals surface area contributed by atoms with E-state index in [1.807, 2.05) is 4.90 Å². The van der Waals surface area contributed by atoms with Crippen molar-refractivity contribution in [3.63, 3.8) is 0 Å². The van der Waals surface area contributed by atoms with Crippen LogP contribution in [0.4, 0.5) is 0 Å². The molecule has 0 spiro atoms. The summed E-state index contributed by atoms with van der Waals surface area (Å²) in [7, 11) is 0. The molecule has 86 valence electrons. The molecule has 0 radical (unpaired) electrons. The molecular weight excluding hydrogens is 188 g/mol. The predicted molar refractivity (Wildman–Crippen MR) is 60.7 cm³/mol. The third-order valence-corrected chi connectivity index (χ3v) is 3.69. The molecule has 0 aromatic rings. The Hall–Kier alpha value is -0.570. The summed E-state index contributed by atoms with van der Waals surface area (Å²) in [6.45, 7) is 7.17. The first-order chi connectivity index (χ1) is 7.25. The molecule has 2 fully saturated rings. The zero-order chi connectivity index (χ0) is 10.7. The van der Waals surface area contributed by atoms with Crippen LogP contribution >= 0.6 is 0 Å². The van der Waals surface area contributed by atoms with Gasteiger partial charge in [-0.3, -0.25) is 9.69 Å². The van der Waals surface area contributed by atoms with Gasteiger partial charge in [-0.25, -0.2) is 0 Å². The van der Waals surface area contributed by atoms with Crippen molar-refractivity contribution in [2.45, 2.75) is 32.6 Å². The summed E-state index contributed by atoms with van der Waals surface area (Å²) in [6.07, 6.45) is 4.91. The van der Waals surface area contributed by atoms with Crippen molar-refractivity contribution in [2.24, 2.45) is 5.92 Å². The van der Waals surface area contributed by atoms with Crippen molar-refractivity contribution in [1.82, 2.24) is 9.80 Å². The minimum absolute atomic E-state index is 0.349. The summed E-state index contributed by atoms with van der Waals surface area (Å²) in [5.74, 6) is 1.20. The number of likely N-dealkylation sites (tertiary alicyclic amines) is 2. The van der Waals surface area contributed by atoms with Crippen LogP contribution in [-0.4, -0.2) is 48.4 Å². The molecule has 0 bridgehead atoms. The minimum atomic E-state index is 0.349. The molecule has 2 saturated heterocycles. The van der Waals surface area contributed by atoms with Crippen molar-refractivity contribution in [3.8, 4) is 0 Å². The third kappa shape index (κ3) is 2.94. The molecule has 0 aliphatic carbocycles. The highest BCUT2D eigenvalue weighted by molar-refractivity contribution is 5.78. The molecule has 3 heteroatoms. The van der Waals surface area contributed by atoms with E-state index in [0.717, 1.165) is 32.1 Å². The topological polar surface area (TPSA) is 23.6 Å². The van der Waals surface area contributed by atoms with E-state index in [1.54, 1.807) is 0 Å². The lowest BCUT2D eigenvalue weighted by molar-refractivity contribution is -0.131. The Morgan fingerprint density at radius 1 is 1.13 bits per heavy atom. The van der Waals surface area contributed by atoms with E-state index in [1.165, 1.54) is 25.7 Å². The fraction of sp³-hybridized carbons (Fsp3) is 0.917. The maximum Gasteiger partial charge on any atom is 0.236 e.